The van der Waals surface area contributed by atoms with Crippen molar-refractivity contribution in [2.75, 3.05) is 33.1 Å². The van der Waals surface area contributed by atoms with E-state index < -0.39 is 0 Å². The van der Waals surface area contributed by atoms with Crippen LogP contribution < -0.4 is 14.8 Å². The molecule has 0 saturated heterocycles. The molecule has 35 heavy (non-hydrogen) atoms. The van der Waals surface area contributed by atoms with E-state index >= 15 is 0 Å². The van der Waals surface area contributed by atoms with Crippen LogP contribution in [0.5, 0.6) is 11.5 Å². The molecule has 4 rings (SSSR count). The minimum absolute atomic E-state index is 0.0882. The van der Waals surface area contributed by atoms with Gasteiger partial charge in [-0.15, -0.1) is 0 Å². The number of carbonyl (C=O) groups excluding carboxylic acids is 2. The first kappa shape index (κ1) is 23.8. The highest BCUT2D eigenvalue weighted by atomic mass is 16.5. The average Bonchev–Trinajstić information content (AvgIpc) is 2.88. The minimum Gasteiger partial charge on any atom is -0.493 e. The monoisotopic (exact) mass is 469 g/mol. The fraction of sp³-hybridized carbons (Fsp3) is 0.179. The molecular formula is C28H27N3O4. The molecule has 1 aromatic heterocycles. The number of nitrogens with one attached hydrogen (secondary N) is 1. The second-order valence-corrected chi connectivity index (χ2v) is 8.22. The summed E-state index contributed by atoms with van der Waals surface area (Å²) >= 11 is 0. The number of aromatic nitrogens is 1. The lowest BCUT2D eigenvalue weighted by atomic mass is 10.0. The molecule has 3 aromatic carbocycles. The molecule has 0 unspecified atom stereocenters. The third-order valence-corrected chi connectivity index (χ3v) is 5.69. The summed E-state index contributed by atoms with van der Waals surface area (Å²) in [6.45, 7) is 1.89. The lowest BCUT2D eigenvalue weighted by Gasteiger charge is -2.19. The van der Waals surface area contributed by atoms with E-state index in [0.29, 0.717) is 39.3 Å². The van der Waals surface area contributed by atoms with Gasteiger partial charge in [0, 0.05) is 23.7 Å². The summed E-state index contributed by atoms with van der Waals surface area (Å²) in [5, 5.41) is 3.55. The molecule has 7 nitrogen and oxygen atoms in total. The van der Waals surface area contributed by atoms with E-state index in [-0.39, 0.29) is 18.4 Å². The molecular weight excluding hydrogens is 442 g/mol. The van der Waals surface area contributed by atoms with Gasteiger partial charge in [0.2, 0.25) is 5.91 Å². The van der Waals surface area contributed by atoms with Crippen LogP contribution in [0.15, 0.2) is 72.8 Å². The number of ether oxygens (including phenoxy) is 2. The highest BCUT2D eigenvalue weighted by Crippen LogP contribution is 2.33. The third-order valence-electron chi connectivity index (χ3n) is 5.69. The van der Waals surface area contributed by atoms with Gasteiger partial charge in [-0.2, -0.15) is 0 Å². The lowest BCUT2D eigenvalue weighted by molar-refractivity contribution is -0.116. The van der Waals surface area contributed by atoms with Crippen LogP contribution in [0, 0.1) is 6.92 Å². The highest BCUT2D eigenvalue weighted by molar-refractivity contribution is 6.08. The van der Waals surface area contributed by atoms with Crippen molar-refractivity contribution in [1.29, 1.82) is 0 Å². The predicted molar refractivity (Wildman–Crippen MR) is 137 cm³/mol. The zero-order chi connectivity index (χ0) is 24.9. The number of fused-ring (bicyclic) bond motifs is 1. The van der Waals surface area contributed by atoms with Crippen molar-refractivity contribution >= 4 is 28.4 Å². The summed E-state index contributed by atoms with van der Waals surface area (Å²) in [4.78, 5) is 32.2. The van der Waals surface area contributed by atoms with Crippen molar-refractivity contribution in [2.45, 2.75) is 6.92 Å². The fourth-order valence-corrected chi connectivity index (χ4v) is 3.83. The number of hydrogen-bond donors (Lipinski definition) is 1. The number of methoxy groups -OCH3 is 2. The number of anilines is 1. The summed E-state index contributed by atoms with van der Waals surface area (Å²) in [6.07, 6.45) is 0. The number of benzene rings is 3. The summed E-state index contributed by atoms with van der Waals surface area (Å²) in [6, 6.07) is 22.2. The van der Waals surface area contributed by atoms with Crippen molar-refractivity contribution in [3.05, 3.63) is 83.9 Å². The maximum Gasteiger partial charge on any atom is 0.254 e. The van der Waals surface area contributed by atoms with Crippen molar-refractivity contribution in [1.82, 2.24) is 9.88 Å². The maximum absolute atomic E-state index is 13.5. The zero-order valence-corrected chi connectivity index (χ0v) is 20.2. The van der Waals surface area contributed by atoms with Crippen LogP contribution >= 0.6 is 0 Å². The first-order valence-electron chi connectivity index (χ1n) is 11.1. The standard InChI is InChI=1S/C28H27N3O4/c1-18-9-12-20(13-10-18)29-27(32)17-31(2)28(33)22-16-24(30-23-8-6-5-7-21(22)23)19-11-14-25(34-3)26(15-19)35-4/h5-16H,17H2,1-4H3,(H,29,32). The number of para-hydroxylation sites is 1. The van der Waals surface area contributed by atoms with E-state index in [2.05, 4.69) is 5.32 Å². The Bertz CT molecular complexity index is 1380. The molecule has 0 aliphatic heterocycles. The minimum atomic E-state index is -0.275. The Balaban J connectivity index is 1.64. The molecule has 0 atom stereocenters. The Morgan fingerprint density at radius 3 is 2.34 bits per heavy atom. The zero-order valence-electron chi connectivity index (χ0n) is 20.2. The van der Waals surface area contributed by atoms with Crippen molar-refractivity contribution in [3.8, 4) is 22.8 Å². The van der Waals surface area contributed by atoms with Crippen molar-refractivity contribution < 1.29 is 19.1 Å². The van der Waals surface area contributed by atoms with E-state index in [0.717, 1.165) is 11.1 Å². The van der Waals surface area contributed by atoms with E-state index in [4.69, 9.17) is 14.5 Å². The number of nitrogens with zero attached hydrogens (tertiary/aromatic N) is 2. The summed E-state index contributed by atoms with van der Waals surface area (Å²) in [5.41, 5.74) is 4.33. The van der Waals surface area contributed by atoms with E-state index in [1.807, 2.05) is 67.6 Å². The maximum atomic E-state index is 13.5. The Kier molecular flexibility index (Phi) is 6.96. The van der Waals surface area contributed by atoms with Crippen molar-refractivity contribution in [3.63, 3.8) is 0 Å². The SMILES string of the molecule is COc1ccc(-c2cc(C(=O)N(C)CC(=O)Nc3ccc(C)cc3)c3ccccc3n2)cc1OC. The molecule has 4 aromatic rings. The highest BCUT2D eigenvalue weighted by Gasteiger charge is 2.20. The molecule has 0 radical (unpaired) electrons. The number of likely N-dealkylation sites (N-methyl/N-ethyl adjacent to an activating group) is 1. The topological polar surface area (TPSA) is 80.8 Å². The number of rotatable bonds is 7. The second-order valence-electron chi connectivity index (χ2n) is 8.22. The van der Waals surface area contributed by atoms with E-state index in [9.17, 15) is 9.59 Å². The molecule has 0 aliphatic carbocycles. The Labute approximate surface area is 204 Å². The molecule has 0 spiro atoms. The van der Waals surface area contributed by atoms with Gasteiger partial charge in [0.15, 0.2) is 11.5 Å². The first-order chi connectivity index (χ1) is 16.9. The molecule has 0 aliphatic rings. The van der Waals surface area contributed by atoms with E-state index in [1.54, 1.807) is 33.4 Å². The van der Waals surface area contributed by atoms with Crippen LogP contribution in [-0.4, -0.2) is 49.5 Å². The molecule has 178 valence electrons. The number of amides is 2. The molecule has 0 fully saturated rings. The van der Waals surface area contributed by atoms with Gasteiger partial charge in [0.1, 0.15) is 0 Å². The Hall–Kier alpha value is -4.39. The predicted octanol–water partition coefficient (Wildman–Crippen LogP) is 4.94. The Morgan fingerprint density at radius 1 is 0.914 bits per heavy atom. The average molecular weight is 470 g/mol. The van der Waals surface area contributed by atoms with Crippen molar-refractivity contribution in [2.24, 2.45) is 0 Å². The summed E-state index contributed by atoms with van der Waals surface area (Å²) < 4.78 is 10.8. The molecule has 1 heterocycles. The van der Waals surface area contributed by atoms with Gasteiger partial charge in [-0.3, -0.25) is 9.59 Å². The first-order valence-corrected chi connectivity index (χ1v) is 11.1. The largest absolute Gasteiger partial charge is 0.493 e. The van der Waals surface area contributed by atoms with Crippen LogP contribution in [0.4, 0.5) is 5.69 Å². The van der Waals surface area contributed by atoms with E-state index in [1.165, 1.54) is 4.90 Å². The normalized spacial score (nSPS) is 10.6. The van der Waals surface area contributed by atoms with Crippen LogP contribution in [0.1, 0.15) is 15.9 Å². The number of pyridine rings is 1. The van der Waals surface area contributed by atoms with Crippen LogP contribution in [0.2, 0.25) is 0 Å². The van der Waals surface area contributed by atoms with Gasteiger partial charge in [-0.05, 0) is 49.4 Å². The smallest absolute Gasteiger partial charge is 0.254 e. The molecule has 1 N–H and O–H groups in total. The molecule has 2 amide bonds. The Morgan fingerprint density at radius 2 is 1.63 bits per heavy atom. The van der Waals surface area contributed by atoms with Gasteiger partial charge in [0.25, 0.3) is 5.91 Å². The molecule has 0 saturated carbocycles. The van der Waals surface area contributed by atoms with Gasteiger partial charge in [-0.1, -0.05) is 35.9 Å². The van der Waals surface area contributed by atoms with Gasteiger partial charge in [0.05, 0.1) is 37.5 Å². The van der Waals surface area contributed by atoms with Gasteiger partial charge >= 0.3 is 0 Å². The third kappa shape index (κ3) is 5.24. The molecule has 0 bridgehead atoms. The number of hydrogen-bond acceptors (Lipinski definition) is 5. The quantitative estimate of drug-likeness (QED) is 0.415. The fourth-order valence-electron chi connectivity index (χ4n) is 3.83. The van der Waals surface area contributed by atoms with Crippen LogP contribution in [0.25, 0.3) is 22.2 Å². The van der Waals surface area contributed by atoms with Crippen LogP contribution in [0.3, 0.4) is 0 Å². The number of carbonyl (C=O) groups is 2. The van der Waals surface area contributed by atoms with Crippen LogP contribution in [-0.2, 0) is 4.79 Å². The lowest BCUT2D eigenvalue weighted by Crippen LogP contribution is -2.35. The molecule has 7 heteroatoms. The van der Waals surface area contributed by atoms with Gasteiger partial charge in [-0.25, -0.2) is 4.98 Å². The van der Waals surface area contributed by atoms with Gasteiger partial charge < -0.3 is 19.7 Å². The second kappa shape index (κ2) is 10.3. The summed E-state index contributed by atoms with van der Waals surface area (Å²) in [5.74, 6) is 0.623. The number of aryl methyl sites for hydroxylation is 1. The summed E-state index contributed by atoms with van der Waals surface area (Å²) in [7, 11) is 4.76.